The van der Waals surface area contributed by atoms with E-state index in [1.54, 1.807) is 18.7 Å². The molecular formula is C24H29F3N4O2. The van der Waals surface area contributed by atoms with E-state index in [0.29, 0.717) is 26.2 Å². The molecule has 2 N–H and O–H groups in total. The van der Waals surface area contributed by atoms with Crippen molar-refractivity contribution in [2.24, 2.45) is 5.92 Å². The van der Waals surface area contributed by atoms with Crippen molar-refractivity contribution in [3.05, 3.63) is 65.7 Å². The number of nitrogens with one attached hydrogen (secondary N) is 2. The molecule has 0 bridgehead atoms. The molecule has 0 saturated carbocycles. The summed E-state index contributed by atoms with van der Waals surface area (Å²) in [6, 6.07) is 13.1. The van der Waals surface area contributed by atoms with Gasteiger partial charge in [-0.15, -0.1) is 0 Å². The first-order valence-electron chi connectivity index (χ1n) is 10.9. The highest BCUT2D eigenvalue weighted by atomic mass is 19.4. The van der Waals surface area contributed by atoms with Crippen molar-refractivity contribution >= 4 is 17.6 Å². The van der Waals surface area contributed by atoms with Crippen molar-refractivity contribution in [3.8, 4) is 0 Å². The Kier molecular flexibility index (Phi) is 7.97. The van der Waals surface area contributed by atoms with Gasteiger partial charge in [-0.1, -0.05) is 56.3 Å². The first-order chi connectivity index (χ1) is 15.6. The van der Waals surface area contributed by atoms with Crippen LogP contribution in [0.3, 0.4) is 0 Å². The summed E-state index contributed by atoms with van der Waals surface area (Å²) in [4.78, 5) is 29.6. The number of alkyl halides is 3. The number of benzene rings is 2. The van der Waals surface area contributed by atoms with Gasteiger partial charge in [0.2, 0.25) is 5.91 Å². The fourth-order valence-corrected chi connectivity index (χ4v) is 3.82. The second kappa shape index (κ2) is 10.7. The molecule has 0 aliphatic carbocycles. The van der Waals surface area contributed by atoms with Gasteiger partial charge in [-0.25, -0.2) is 4.79 Å². The predicted octanol–water partition coefficient (Wildman–Crippen LogP) is 4.20. The van der Waals surface area contributed by atoms with E-state index >= 15 is 0 Å². The molecule has 1 unspecified atom stereocenters. The quantitative estimate of drug-likeness (QED) is 0.677. The zero-order valence-corrected chi connectivity index (χ0v) is 18.7. The number of para-hydroxylation sites is 1. The standard InChI is InChI=1S/C24H29F3N4O2/c1-17(2)21(29-23(33)28-20-11-7-6-10-19(20)24(25,26)27)22(32)31-14-12-30(13-15-31)16-18-8-4-3-5-9-18/h3-11,17,21H,12-16H2,1-2H3,(H2,28,29,33). The van der Waals surface area contributed by atoms with E-state index in [-0.39, 0.29) is 17.5 Å². The molecule has 1 atom stereocenters. The summed E-state index contributed by atoms with van der Waals surface area (Å²) in [5.74, 6) is -0.466. The van der Waals surface area contributed by atoms with Gasteiger partial charge in [-0.3, -0.25) is 9.69 Å². The molecule has 33 heavy (non-hydrogen) atoms. The Bertz CT molecular complexity index is 942. The Morgan fingerprint density at radius 3 is 2.15 bits per heavy atom. The van der Waals surface area contributed by atoms with Crippen molar-refractivity contribution < 1.29 is 22.8 Å². The molecule has 2 aromatic rings. The number of nitrogens with zero attached hydrogens (tertiary/aromatic N) is 2. The molecule has 1 fully saturated rings. The van der Waals surface area contributed by atoms with Gasteiger partial charge in [0.05, 0.1) is 11.3 Å². The maximum Gasteiger partial charge on any atom is 0.418 e. The lowest BCUT2D eigenvalue weighted by Gasteiger charge is -2.37. The van der Waals surface area contributed by atoms with Crippen molar-refractivity contribution in [1.82, 2.24) is 15.1 Å². The minimum Gasteiger partial charge on any atom is -0.338 e. The Morgan fingerprint density at radius 1 is 0.939 bits per heavy atom. The van der Waals surface area contributed by atoms with Crippen molar-refractivity contribution in [1.29, 1.82) is 0 Å². The minimum absolute atomic E-state index is 0.233. The van der Waals surface area contributed by atoms with Crippen molar-refractivity contribution in [2.45, 2.75) is 32.6 Å². The molecule has 3 amide bonds. The smallest absolute Gasteiger partial charge is 0.338 e. The molecule has 0 aromatic heterocycles. The summed E-state index contributed by atoms with van der Waals surface area (Å²) in [5, 5.41) is 4.82. The molecule has 3 rings (SSSR count). The van der Waals surface area contributed by atoms with E-state index in [2.05, 4.69) is 27.7 Å². The van der Waals surface area contributed by atoms with Gasteiger partial charge >= 0.3 is 12.2 Å². The van der Waals surface area contributed by atoms with Gasteiger partial charge in [0.1, 0.15) is 6.04 Å². The number of urea groups is 1. The van der Waals surface area contributed by atoms with Gasteiger partial charge < -0.3 is 15.5 Å². The Morgan fingerprint density at radius 2 is 1.55 bits per heavy atom. The third kappa shape index (κ3) is 6.71. The maximum atomic E-state index is 13.2. The van der Waals surface area contributed by atoms with Gasteiger partial charge in [0, 0.05) is 32.7 Å². The number of amides is 3. The number of carbonyl (C=O) groups excluding carboxylic acids is 2. The lowest BCUT2D eigenvalue weighted by molar-refractivity contribution is -0.137. The molecule has 1 aliphatic heterocycles. The lowest BCUT2D eigenvalue weighted by atomic mass is 10.0. The van der Waals surface area contributed by atoms with E-state index in [1.807, 2.05) is 18.2 Å². The van der Waals surface area contributed by atoms with Crippen LogP contribution < -0.4 is 10.6 Å². The van der Waals surface area contributed by atoms with Crippen LogP contribution >= 0.6 is 0 Å². The normalized spacial score (nSPS) is 15.9. The number of carbonyl (C=O) groups is 2. The van der Waals surface area contributed by atoms with E-state index in [4.69, 9.17) is 0 Å². The molecule has 9 heteroatoms. The van der Waals surface area contributed by atoms with Crippen LogP contribution in [0.1, 0.15) is 25.0 Å². The first-order valence-corrected chi connectivity index (χ1v) is 10.9. The molecule has 0 radical (unpaired) electrons. The summed E-state index contributed by atoms with van der Waals surface area (Å²) >= 11 is 0. The van der Waals surface area contributed by atoms with Crippen LogP contribution in [-0.2, 0) is 17.5 Å². The fourth-order valence-electron chi connectivity index (χ4n) is 3.82. The number of anilines is 1. The molecule has 2 aromatic carbocycles. The summed E-state index contributed by atoms with van der Waals surface area (Å²) in [5.41, 5.74) is -0.0936. The fraction of sp³-hybridized carbons (Fsp3) is 0.417. The third-order valence-corrected chi connectivity index (χ3v) is 5.63. The summed E-state index contributed by atoms with van der Waals surface area (Å²) in [6.07, 6.45) is -4.60. The SMILES string of the molecule is CC(C)C(NC(=O)Nc1ccccc1C(F)(F)F)C(=O)N1CCN(Cc2ccccc2)CC1. The molecule has 1 aliphatic rings. The average Bonchev–Trinajstić information content (AvgIpc) is 2.78. The minimum atomic E-state index is -4.60. The summed E-state index contributed by atoms with van der Waals surface area (Å²) in [7, 11) is 0. The van der Waals surface area contributed by atoms with Crippen molar-refractivity contribution in [3.63, 3.8) is 0 Å². The van der Waals surface area contributed by atoms with Crippen LogP contribution in [-0.4, -0.2) is 54.0 Å². The lowest BCUT2D eigenvalue weighted by Crippen LogP contribution is -2.56. The summed E-state index contributed by atoms with van der Waals surface area (Å²) < 4.78 is 39.6. The zero-order valence-electron chi connectivity index (χ0n) is 18.7. The molecule has 178 valence electrons. The molecular weight excluding hydrogens is 433 g/mol. The van der Waals surface area contributed by atoms with E-state index in [0.717, 1.165) is 12.6 Å². The number of hydrogen-bond donors (Lipinski definition) is 2. The molecule has 6 nitrogen and oxygen atoms in total. The Labute approximate surface area is 191 Å². The number of rotatable bonds is 6. The molecule has 1 saturated heterocycles. The number of hydrogen-bond acceptors (Lipinski definition) is 3. The highest BCUT2D eigenvalue weighted by molar-refractivity contribution is 5.94. The highest BCUT2D eigenvalue weighted by Crippen LogP contribution is 2.34. The second-order valence-electron chi connectivity index (χ2n) is 8.45. The first kappa shape index (κ1) is 24.6. The molecule has 0 spiro atoms. The van der Waals surface area contributed by atoms with Gasteiger partial charge in [-0.2, -0.15) is 13.2 Å². The van der Waals surface area contributed by atoms with Crippen molar-refractivity contribution in [2.75, 3.05) is 31.5 Å². The van der Waals surface area contributed by atoms with Crippen LogP contribution in [0.25, 0.3) is 0 Å². The summed E-state index contributed by atoms with van der Waals surface area (Å²) in [6.45, 7) is 6.84. The van der Waals surface area contributed by atoms with E-state index in [1.165, 1.54) is 23.8 Å². The Balaban J connectivity index is 1.58. The van der Waals surface area contributed by atoms with Crippen LogP contribution in [0.5, 0.6) is 0 Å². The second-order valence-corrected chi connectivity index (χ2v) is 8.45. The number of piperazine rings is 1. The van der Waals surface area contributed by atoms with Crippen LogP contribution in [0.2, 0.25) is 0 Å². The maximum absolute atomic E-state index is 13.2. The predicted molar refractivity (Wildman–Crippen MR) is 121 cm³/mol. The van der Waals surface area contributed by atoms with Crippen LogP contribution in [0.4, 0.5) is 23.7 Å². The topological polar surface area (TPSA) is 64.7 Å². The number of halogens is 3. The van der Waals surface area contributed by atoms with E-state index < -0.39 is 23.8 Å². The van der Waals surface area contributed by atoms with Crippen LogP contribution in [0, 0.1) is 5.92 Å². The third-order valence-electron chi connectivity index (χ3n) is 5.63. The van der Waals surface area contributed by atoms with Crippen LogP contribution in [0.15, 0.2) is 54.6 Å². The monoisotopic (exact) mass is 462 g/mol. The Hall–Kier alpha value is -3.07. The highest BCUT2D eigenvalue weighted by Gasteiger charge is 2.34. The van der Waals surface area contributed by atoms with E-state index in [9.17, 15) is 22.8 Å². The van der Waals surface area contributed by atoms with Gasteiger partial charge in [0.25, 0.3) is 0 Å². The average molecular weight is 463 g/mol. The zero-order chi connectivity index (χ0) is 24.0. The molecule has 1 heterocycles. The largest absolute Gasteiger partial charge is 0.418 e. The van der Waals surface area contributed by atoms with Gasteiger partial charge in [0.15, 0.2) is 0 Å². The van der Waals surface area contributed by atoms with Gasteiger partial charge in [-0.05, 0) is 23.6 Å².